The van der Waals surface area contributed by atoms with Gasteiger partial charge in [-0.25, -0.2) is 4.39 Å². The lowest BCUT2D eigenvalue weighted by molar-refractivity contribution is 0.213. The van der Waals surface area contributed by atoms with Gasteiger partial charge in [-0.05, 0) is 51.8 Å². The summed E-state index contributed by atoms with van der Waals surface area (Å²) in [4.78, 5) is 0. The Hall–Kier alpha value is -1.11. The third-order valence-electron chi connectivity index (χ3n) is 3.01. The molecule has 0 aromatic heterocycles. The van der Waals surface area contributed by atoms with Crippen LogP contribution in [0.5, 0.6) is 11.5 Å². The van der Waals surface area contributed by atoms with E-state index in [1.807, 2.05) is 0 Å². The number of hydrogen-bond acceptors (Lipinski definition) is 3. The van der Waals surface area contributed by atoms with Gasteiger partial charge in [0, 0.05) is 10.0 Å². The highest BCUT2D eigenvalue weighted by molar-refractivity contribution is 9.11. The number of hydrogen-bond donors (Lipinski definition) is 1. The van der Waals surface area contributed by atoms with E-state index in [9.17, 15) is 9.50 Å². The fraction of sp³-hybridized carbons (Fsp3) is 0.200. The molecule has 0 amide bonds. The Labute approximate surface area is 139 Å². The van der Waals surface area contributed by atoms with E-state index in [1.54, 1.807) is 25.3 Å². The van der Waals surface area contributed by atoms with E-state index in [4.69, 9.17) is 9.47 Å². The van der Waals surface area contributed by atoms with Gasteiger partial charge in [-0.15, -0.1) is 0 Å². The van der Waals surface area contributed by atoms with Crippen molar-refractivity contribution in [3.8, 4) is 11.5 Å². The predicted octanol–water partition coefficient (Wildman–Crippen LogP) is 4.45. The minimum Gasteiger partial charge on any atom is -0.495 e. The third-order valence-corrected chi connectivity index (χ3v) is 4.22. The summed E-state index contributed by atoms with van der Waals surface area (Å²) in [7, 11) is 3.04. The molecule has 2 rings (SSSR count). The summed E-state index contributed by atoms with van der Waals surface area (Å²) < 4.78 is 25.2. The smallest absolute Gasteiger partial charge is 0.142 e. The molecule has 6 heteroatoms. The van der Waals surface area contributed by atoms with Gasteiger partial charge in [-0.2, -0.15) is 0 Å². The molecule has 21 heavy (non-hydrogen) atoms. The first kappa shape index (κ1) is 16.3. The Bertz CT molecular complexity index is 641. The minimum atomic E-state index is -1.02. The standard InChI is InChI=1S/C15H13Br2FO3/c1-20-12-4-3-11(15(21-2)13(12)17)14(19)8-5-9(16)7-10(18)6-8/h3-7,14,19H,1-2H3. The molecule has 3 nitrogen and oxygen atoms in total. The molecule has 0 aliphatic rings. The van der Waals surface area contributed by atoms with Crippen molar-refractivity contribution >= 4 is 31.9 Å². The van der Waals surface area contributed by atoms with Crippen molar-refractivity contribution in [3.05, 3.63) is 56.2 Å². The molecular weight excluding hydrogens is 407 g/mol. The van der Waals surface area contributed by atoms with Crippen molar-refractivity contribution in [2.45, 2.75) is 6.10 Å². The Kier molecular flexibility index (Phi) is 5.24. The Morgan fingerprint density at radius 1 is 1.10 bits per heavy atom. The van der Waals surface area contributed by atoms with Crippen LogP contribution >= 0.6 is 31.9 Å². The number of methoxy groups -OCH3 is 2. The van der Waals surface area contributed by atoms with E-state index < -0.39 is 11.9 Å². The molecule has 0 saturated heterocycles. The molecule has 1 unspecified atom stereocenters. The average Bonchev–Trinajstić information content (AvgIpc) is 2.45. The maximum absolute atomic E-state index is 13.5. The lowest BCUT2D eigenvalue weighted by atomic mass is 10.0. The van der Waals surface area contributed by atoms with Crippen LogP contribution < -0.4 is 9.47 Å². The summed E-state index contributed by atoms with van der Waals surface area (Å²) in [5.74, 6) is 0.607. The second-order valence-electron chi connectivity index (χ2n) is 4.31. The van der Waals surface area contributed by atoms with Gasteiger partial charge in [-0.1, -0.05) is 15.9 Å². The maximum atomic E-state index is 13.5. The third kappa shape index (κ3) is 3.39. The molecule has 0 radical (unpaired) electrons. The van der Waals surface area contributed by atoms with Crippen molar-refractivity contribution in [1.82, 2.24) is 0 Å². The topological polar surface area (TPSA) is 38.7 Å². The van der Waals surface area contributed by atoms with Crippen molar-refractivity contribution in [2.24, 2.45) is 0 Å². The summed E-state index contributed by atoms with van der Waals surface area (Å²) in [6, 6.07) is 7.67. The van der Waals surface area contributed by atoms with Crippen molar-refractivity contribution < 1.29 is 19.0 Å². The number of ether oxygens (including phenoxy) is 2. The molecule has 0 fully saturated rings. The first-order valence-electron chi connectivity index (χ1n) is 6.02. The quantitative estimate of drug-likeness (QED) is 0.795. The van der Waals surface area contributed by atoms with E-state index in [-0.39, 0.29) is 0 Å². The molecule has 1 N–H and O–H groups in total. The second kappa shape index (κ2) is 6.77. The number of aliphatic hydroxyl groups excluding tert-OH is 1. The highest BCUT2D eigenvalue weighted by atomic mass is 79.9. The fourth-order valence-corrected chi connectivity index (χ4v) is 3.21. The van der Waals surface area contributed by atoms with E-state index in [1.165, 1.54) is 19.2 Å². The van der Waals surface area contributed by atoms with E-state index in [0.29, 0.717) is 31.6 Å². The zero-order chi connectivity index (χ0) is 15.6. The number of halogens is 3. The summed E-state index contributed by atoms with van der Waals surface area (Å²) in [5.41, 5.74) is 0.944. The summed E-state index contributed by atoms with van der Waals surface area (Å²) in [5, 5.41) is 10.5. The van der Waals surface area contributed by atoms with Gasteiger partial charge in [0.05, 0.1) is 14.2 Å². The molecule has 0 saturated carbocycles. The van der Waals surface area contributed by atoms with E-state index >= 15 is 0 Å². The molecule has 0 heterocycles. The van der Waals surface area contributed by atoms with Crippen LogP contribution in [0.15, 0.2) is 39.3 Å². The number of aliphatic hydroxyl groups is 1. The first-order chi connectivity index (χ1) is 9.97. The maximum Gasteiger partial charge on any atom is 0.142 e. The highest BCUT2D eigenvalue weighted by Crippen LogP contribution is 2.41. The average molecular weight is 420 g/mol. The van der Waals surface area contributed by atoms with Gasteiger partial charge in [0.25, 0.3) is 0 Å². The predicted molar refractivity (Wildman–Crippen MR) is 85.4 cm³/mol. The fourth-order valence-electron chi connectivity index (χ4n) is 2.05. The zero-order valence-corrected chi connectivity index (χ0v) is 14.5. The molecular formula is C15H13Br2FO3. The lowest BCUT2D eigenvalue weighted by Crippen LogP contribution is -2.04. The molecule has 0 spiro atoms. The molecule has 112 valence electrons. The van der Waals surface area contributed by atoms with Crippen molar-refractivity contribution in [1.29, 1.82) is 0 Å². The number of rotatable bonds is 4. The van der Waals surface area contributed by atoms with Gasteiger partial charge in [-0.3, -0.25) is 0 Å². The van der Waals surface area contributed by atoms with Crippen LogP contribution in [0.1, 0.15) is 17.2 Å². The highest BCUT2D eigenvalue weighted by Gasteiger charge is 2.20. The summed E-state index contributed by atoms with van der Waals surface area (Å²) in [6.07, 6.45) is -1.02. The molecule has 2 aromatic rings. The molecule has 1 atom stereocenters. The van der Waals surface area contributed by atoms with Gasteiger partial charge in [0.15, 0.2) is 0 Å². The molecule has 0 bridgehead atoms. The SMILES string of the molecule is COc1ccc(C(O)c2cc(F)cc(Br)c2)c(OC)c1Br. The van der Waals surface area contributed by atoms with Crippen LogP contribution in [0.3, 0.4) is 0 Å². The van der Waals surface area contributed by atoms with Crippen molar-refractivity contribution in [2.75, 3.05) is 14.2 Å². The van der Waals surface area contributed by atoms with Gasteiger partial charge in [0.1, 0.15) is 27.9 Å². The van der Waals surface area contributed by atoms with Gasteiger partial charge >= 0.3 is 0 Å². The van der Waals surface area contributed by atoms with E-state index in [0.717, 1.165) is 0 Å². The van der Waals surface area contributed by atoms with Crippen LogP contribution in [-0.4, -0.2) is 19.3 Å². The van der Waals surface area contributed by atoms with Gasteiger partial charge in [0.2, 0.25) is 0 Å². The Morgan fingerprint density at radius 2 is 1.81 bits per heavy atom. The Balaban J connectivity index is 2.52. The largest absolute Gasteiger partial charge is 0.495 e. The van der Waals surface area contributed by atoms with Crippen LogP contribution in [-0.2, 0) is 0 Å². The number of benzene rings is 2. The Morgan fingerprint density at radius 3 is 2.38 bits per heavy atom. The first-order valence-corrected chi connectivity index (χ1v) is 7.61. The normalized spacial score (nSPS) is 12.1. The second-order valence-corrected chi connectivity index (χ2v) is 6.02. The monoisotopic (exact) mass is 418 g/mol. The van der Waals surface area contributed by atoms with Crippen molar-refractivity contribution in [3.63, 3.8) is 0 Å². The lowest BCUT2D eigenvalue weighted by Gasteiger charge is -2.18. The molecule has 2 aromatic carbocycles. The van der Waals surface area contributed by atoms with Crippen LogP contribution in [0.4, 0.5) is 4.39 Å². The zero-order valence-electron chi connectivity index (χ0n) is 11.4. The van der Waals surface area contributed by atoms with Gasteiger partial charge < -0.3 is 14.6 Å². The minimum absolute atomic E-state index is 0.426. The molecule has 0 aliphatic heterocycles. The summed E-state index contributed by atoms with van der Waals surface area (Å²) in [6.45, 7) is 0. The summed E-state index contributed by atoms with van der Waals surface area (Å²) >= 11 is 6.59. The van der Waals surface area contributed by atoms with Crippen LogP contribution in [0.2, 0.25) is 0 Å². The van der Waals surface area contributed by atoms with Crippen LogP contribution in [0.25, 0.3) is 0 Å². The van der Waals surface area contributed by atoms with E-state index in [2.05, 4.69) is 31.9 Å². The molecule has 0 aliphatic carbocycles. The van der Waals surface area contributed by atoms with Crippen LogP contribution in [0, 0.1) is 5.82 Å².